The number of nitrogens with zero attached hydrogens (tertiary/aromatic N) is 2. The number of thiophene rings is 1. The number of urea groups is 1. The van der Waals surface area contributed by atoms with Gasteiger partial charge in [-0.05, 0) is 36.1 Å². The molecule has 1 aromatic carbocycles. The molecule has 4 N–H and O–H groups in total. The number of fused-ring (bicyclic) bond motifs is 3. The molecule has 2 heterocycles. The minimum absolute atomic E-state index is 0.157. The van der Waals surface area contributed by atoms with E-state index in [0.717, 1.165) is 40.1 Å². The van der Waals surface area contributed by atoms with E-state index in [1.807, 2.05) is 24.1 Å². The molecule has 2 aromatic rings. The van der Waals surface area contributed by atoms with Crippen molar-refractivity contribution in [2.75, 3.05) is 13.6 Å². The molecule has 0 saturated carbocycles. The van der Waals surface area contributed by atoms with Crippen LogP contribution in [0, 0.1) is 0 Å². The average molecular weight is 394 g/mol. The molecule has 0 saturated heterocycles. The van der Waals surface area contributed by atoms with E-state index >= 15 is 0 Å². The summed E-state index contributed by atoms with van der Waals surface area (Å²) < 4.78 is 1.18. The molecule has 1 atom stereocenters. The van der Waals surface area contributed by atoms with Crippen LogP contribution < -0.4 is 16.4 Å². The maximum Gasteiger partial charge on any atom is 0.319 e. The van der Waals surface area contributed by atoms with Gasteiger partial charge in [-0.15, -0.1) is 17.9 Å². The summed E-state index contributed by atoms with van der Waals surface area (Å²) in [5.41, 5.74) is 10.5. The van der Waals surface area contributed by atoms with E-state index in [0.29, 0.717) is 6.54 Å². The van der Waals surface area contributed by atoms with Crippen LogP contribution in [0.4, 0.5) is 10.5 Å². The van der Waals surface area contributed by atoms with E-state index < -0.39 is 0 Å². The van der Waals surface area contributed by atoms with Gasteiger partial charge in [0.2, 0.25) is 0 Å². The molecule has 6 nitrogen and oxygen atoms in total. The highest BCUT2D eigenvalue weighted by Gasteiger charge is 2.23. The molecule has 1 aliphatic heterocycles. The molecule has 2 amide bonds. The molecule has 7 heteroatoms. The van der Waals surface area contributed by atoms with Crippen LogP contribution in [-0.2, 0) is 0 Å². The molecule has 1 aromatic heterocycles. The van der Waals surface area contributed by atoms with Gasteiger partial charge in [-0.25, -0.2) is 9.79 Å². The molecule has 1 unspecified atom stereocenters. The molecular formula is C21H23N5OS. The van der Waals surface area contributed by atoms with Gasteiger partial charge in [-0.3, -0.25) is 0 Å². The van der Waals surface area contributed by atoms with Crippen molar-refractivity contribution in [1.29, 1.82) is 0 Å². The quantitative estimate of drug-likeness (QED) is 0.687. The van der Waals surface area contributed by atoms with E-state index in [1.165, 1.54) is 10.3 Å². The molecule has 4 rings (SSSR count). The number of aliphatic imine (C=N–C) groups is 1. The number of nitrogens with one attached hydrogen (secondary N) is 2. The van der Waals surface area contributed by atoms with Crippen LogP contribution in [0.2, 0.25) is 0 Å². The molecule has 0 spiro atoms. The molecule has 144 valence electrons. The fraction of sp³-hybridized carbons (Fsp3) is 0.238. The van der Waals surface area contributed by atoms with Crippen LogP contribution in [-0.4, -0.2) is 30.9 Å². The molecular weight excluding hydrogens is 370 g/mol. The number of hydrogen-bond donors (Lipinski definition) is 3. The van der Waals surface area contributed by atoms with Crippen LogP contribution in [0.25, 0.3) is 15.7 Å². The lowest BCUT2D eigenvalue weighted by Crippen LogP contribution is -2.34. The van der Waals surface area contributed by atoms with Crippen LogP contribution in [0.15, 0.2) is 53.7 Å². The Labute approximate surface area is 168 Å². The SMILES string of the molecule is C=CCNC(=O)NC1=CCCC(c2ccc3c4c(sc3c2)C(N)N(C)C=N4)=C1. The molecule has 28 heavy (non-hydrogen) atoms. The monoisotopic (exact) mass is 393 g/mol. The number of allylic oxidation sites excluding steroid dienone is 3. The Hall–Kier alpha value is -2.90. The standard InChI is InChI=1S/C21H23N5OS/c1-3-9-23-21(27)25-15-6-4-5-13(10-15)14-7-8-16-17(11-14)28-19-18(16)24-12-26(2)20(19)22/h3,6-8,10-12,20H,1,4-5,9,22H2,2H3,(H2,23,25,27). The second kappa shape index (κ2) is 7.61. The Morgan fingerprint density at radius 2 is 2.36 bits per heavy atom. The van der Waals surface area contributed by atoms with Gasteiger partial charge in [0.05, 0.1) is 16.9 Å². The van der Waals surface area contributed by atoms with Crippen molar-refractivity contribution in [3.8, 4) is 0 Å². The minimum Gasteiger partial charge on any atom is -0.345 e. The summed E-state index contributed by atoms with van der Waals surface area (Å²) in [6.45, 7) is 4.04. The number of rotatable bonds is 4. The van der Waals surface area contributed by atoms with Crippen molar-refractivity contribution in [2.24, 2.45) is 10.7 Å². The summed E-state index contributed by atoms with van der Waals surface area (Å²) in [4.78, 5) is 19.5. The van der Waals surface area contributed by atoms with Crippen molar-refractivity contribution in [1.82, 2.24) is 15.5 Å². The first-order chi connectivity index (χ1) is 13.6. The summed E-state index contributed by atoms with van der Waals surface area (Å²) in [5, 5.41) is 6.75. The Morgan fingerprint density at radius 1 is 1.50 bits per heavy atom. The van der Waals surface area contributed by atoms with Gasteiger partial charge in [-0.2, -0.15) is 0 Å². The first-order valence-corrected chi connectivity index (χ1v) is 10.0. The Bertz CT molecular complexity index is 1030. The molecule has 1 aliphatic carbocycles. The number of carbonyl (C=O) groups is 1. The van der Waals surface area contributed by atoms with Gasteiger partial charge in [-0.1, -0.05) is 24.3 Å². The van der Waals surface area contributed by atoms with E-state index in [4.69, 9.17) is 5.73 Å². The van der Waals surface area contributed by atoms with Crippen LogP contribution in [0.3, 0.4) is 0 Å². The molecule has 0 bridgehead atoms. The lowest BCUT2D eigenvalue weighted by Gasteiger charge is -2.24. The molecule has 0 radical (unpaired) electrons. The third kappa shape index (κ3) is 3.46. The minimum atomic E-state index is -0.221. The Balaban J connectivity index is 1.61. The summed E-state index contributed by atoms with van der Waals surface area (Å²) in [5.74, 6) is 0. The van der Waals surface area contributed by atoms with E-state index in [-0.39, 0.29) is 12.2 Å². The summed E-state index contributed by atoms with van der Waals surface area (Å²) in [6.07, 6.45) is 9.20. The highest BCUT2D eigenvalue weighted by Crippen LogP contribution is 2.44. The number of benzene rings is 1. The van der Waals surface area contributed by atoms with Gasteiger partial charge >= 0.3 is 6.03 Å². The predicted molar refractivity (Wildman–Crippen MR) is 117 cm³/mol. The van der Waals surface area contributed by atoms with Crippen molar-refractivity contribution in [3.63, 3.8) is 0 Å². The normalized spacial score (nSPS) is 18.4. The number of carbonyl (C=O) groups excluding carboxylic acids is 1. The summed E-state index contributed by atoms with van der Waals surface area (Å²) >= 11 is 1.70. The third-order valence-electron chi connectivity index (χ3n) is 4.91. The average Bonchev–Trinajstić information content (AvgIpc) is 3.08. The third-order valence-corrected chi connectivity index (χ3v) is 6.12. The van der Waals surface area contributed by atoms with Crippen molar-refractivity contribution >= 4 is 45.1 Å². The number of nitrogens with two attached hydrogens (primary N) is 1. The van der Waals surface area contributed by atoms with Gasteiger partial charge < -0.3 is 21.3 Å². The smallest absolute Gasteiger partial charge is 0.319 e. The predicted octanol–water partition coefficient (Wildman–Crippen LogP) is 4.01. The van der Waals surface area contributed by atoms with Crippen molar-refractivity contribution in [3.05, 3.63) is 59.1 Å². The topological polar surface area (TPSA) is 82.8 Å². The molecule has 0 fully saturated rings. The van der Waals surface area contributed by atoms with Crippen LogP contribution >= 0.6 is 11.3 Å². The lowest BCUT2D eigenvalue weighted by molar-refractivity contribution is 0.244. The second-order valence-electron chi connectivity index (χ2n) is 6.87. The highest BCUT2D eigenvalue weighted by molar-refractivity contribution is 7.19. The largest absolute Gasteiger partial charge is 0.345 e. The van der Waals surface area contributed by atoms with Gasteiger partial charge in [0, 0.05) is 29.4 Å². The summed E-state index contributed by atoms with van der Waals surface area (Å²) in [7, 11) is 1.94. The zero-order chi connectivity index (χ0) is 19.7. The van der Waals surface area contributed by atoms with Gasteiger partial charge in [0.25, 0.3) is 0 Å². The van der Waals surface area contributed by atoms with Crippen LogP contribution in [0.1, 0.15) is 29.4 Å². The number of hydrogen-bond acceptors (Lipinski definition) is 5. The second-order valence-corrected chi connectivity index (χ2v) is 7.96. The zero-order valence-electron chi connectivity index (χ0n) is 15.7. The fourth-order valence-corrected chi connectivity index (χ4v) is 4.64. The maximum atomic E-state index is 11.9. The Morgan fingerprint density at radius 3 is 3.18 bits per heavy atom. The zero-order valence-corrected chi connectivity index (χ0v) is 16.6. The van der Waals surface area contributed by atoms with Crippen molar-refractivity contribution < 1.29 is 4.79 Å². The Kier molecular flexibility index (Phi) is 5.02. The fourth-order valence-electron chi connectivity index (χ4n) is 3.40. The summed E-state index contributed by atoms with van der Waals surface area (Å²) in [6, 6.07) is 6.23. The maximum absolute atomic E-state index is 11.9. The first kappa shape index (κ1) is 18.5. The number of amides is 2. The van der Waals surface area contributed by atoms with Gasteiger partial charge in [0.15, 0.2) is 0 Å². The lowest BCUT2D eigenvalue weighted by atomic mass is 9.95. The van der Waals surface area contributed by atoms with Crippen molar-refractivity contribution in [2.45, 2.75) is 19.0 Å². The first-order valence-electron chi connectivity index (χ1n) is 9.22. The van der Waals surface area contributed by atoms with E-state index in [9.17, 15) is 4.79 Å². The van der Waals surface area contributed by atoms with E-state index in [1.54, 1.807) is 23.8 Å². The van der Waals surface area contributed by atoms with Crippen LogP contribution in [0.5, 0.6) is 0 Å². The molecule has 2 aliphatic rings. The van der Waals surface area contributed by atoms with Gasteiger partial charge in [0.1, 0.15) is 6.17 Å². The highest BCUT2D eigenvalue weighted by atomic mass is 32.1. The van der Waals surface area contributed by atoms with E-state index in [2.05, 4.69) is 40.4 Å².